The van der Waals surface area contributed by atoms with Crippen molar-refractivity contribution in [3.05, 3.63) is 50.3 Å². The Balaban J connectivity index is 1.89. The Morgan fingerprint density at radius 3 is 2.82 bits per heavy atom. The number of aryl methyl sites for hydroxylation is 2. The van der Waals surface area contributed by atoms with Gasteiger partial charge >= 0.3 is 0 Å². The van der Waals surface area contributed by atoms with Crippen LogP contribution in [0.3, 0.4) is 0 Å². The number of amides is 1. The number of rotatable bonds is 7. The number of hydrogen-bond donors (Lipinski definition) is 1. The molecule has 0 aliphatic carbocycles. The summed E-state index contributed by atoms with van der Waals surface area (Å²) in [5.41, 5.74) is 1.11. The lowest BCUT2D eigenvalue weighted by Crippen LogP contribution is -2.20. The van der Waals surface area contributed by atoms with Crippen LogP contribution in [0.4, 0.5) is 5.69 Å². The zero-order valence-corrected chi connectivity index (χ0v) is 17.6. The van der Waals surface area contributed by atoms with Gasteiger partial charge in [0.2, 0.25) is 0 Å². The maximum absolute atomic E-state index is 12.8. The summed E-state index contributed by atoms with van der Waals surface area (Å²) < 4.78 is 6.75. The Morgan fingerprint density at radius 1 is 1.36 bits per heavy atom. The quantitative estimate of drug-likeness (QED) is 0.554. The molecule has 3 rings (SSSR count). The molecule has 0 saturated heterocycles. The zero-order valence-electron chi connectivity index (χ0n) is 16.0. The number of fused-ring (bicyclic) bond motifs is 1. The first-order chi connectivity index (χ1) is 13.5. The summed E-state index contributed by atoms with van der Waals surface area (Å²) in [5.74, 6) is 0.240. The molecule has 0 bridgehead atoms. The summed E-state index contributed by atoms with van der Waals surface area (Å²) in [6.07, 6.45) is 4.65. The summed E-state index contributed by atoms with van der Waals surface area (Å²) in [4.78, 5) is 31.0. The van der Waals surface area contributed by atoms with Gasteiger partial charge in [-0.1, -0.05) is 31.4 Å². The van der Waals surface area contributed by atoms with Gasteiger partial charge in [-0.2, -0.15) is 0 Å². The van der Waals surface area contributed by atoms with E-state index in [-0.39, 0.29) is 11.5 Å². The van der Waals surface area contributed by atoms with E-state index in [0.717, 1.165) is 19.3 Å². The minimum atomic E-state index is -0.293. The third-order valence-corrected chi connectivity index (χ3v) is 6.03. The molecule has 6 nitrogen and oxygen atoms in total. The molecule has 1 aromatic carbocycles. The van der Waals surface area contributed by atoms with E-state index in [0.29, 0.717) is 43.7 Å². The summed E-state index contributed by atoms with van der Waals surface area (Å²) in [7, 11) is 1.53. The zero-order chi connectivity index (χ0) is 20.3. The first kappa shape index (κ1) is 20.4. The number of benzene rings is 1. The predicted molar refractivity (Wildman–Crippen MR) is 114 cm³/mol. The number of halogens is 1. The molecular weight excluding hydrogens is 398 g/mol. The van der Waals surface area contributed by atoms with Crippen LogP contribution in [-0.4, -0.2) is 22.6 Å². The van der Waals surface area contributed by atoms with Crippen molar-refractivity contribution in [1.29, 1.82) is 0 Å². The Morgan fingerprint density at radius 2 is 2.14 bits per heavy atom. The smallest absolute Gasteiger partial charge is 0.266 e. The van der Waals surface area contributed by atoms with Crippen molar-refractivity contribution in [1.82, 2.24) is 9.55 Å². The monoisotopic (exact) mass is 419 g/mol. The second-order valence-electron chi connectivity index (χ2n) is 6.49. The Kier molecular flexibility index (Phi) is 6.36. The molecule has 1 amide bonds. The highest BCUT2D eigenvalue weighted by Gasteiger charge is 2.20. The van der Waals surface area contributed by atoms with Crippen LogP contribution in [0, 0.1) is 6.92 Å². The maximum atomic E-state index is 12.8. The summed E-state index contributed by atoms with van der Waals surface area (Å²) >= 11 is 7.34. The van der Waals surface area contributed by atoms with Crippen molar-refractivity contribution in [2.24, 2.45) is 0 Å². The fraction of sp³-hybridized carbons (Fsp3) is 0.350. The lowest BCUT2D eigenvalue weighted by molar-refractivity contribution is 0.103. The molecule has 0 spiro atoms. The number of ether oxygens (including phenoxy) is 1. The van der Waals surface area contributed by atoms with Crippen molar-refractivity contribution in [3.8, 4) is 5.75 Å². The van der Waals surface area contributed by atoms with E-state index >= 15 is 0 Å². The van der Waals surface area contributed by atoms with Gasteiger partial charge in [-0.05, 0) is 37.1 Å². The molecule has 0 saturated carbocycles. The molecule has 2 heterocycles. The third kappa shape index (κ3) is 4.05. The van der Waals surface area contributed by atoms with Gasteiger partial charge in [0.1, 0.15) is 10.6 Å². The maximum Gasteiger partial charge on any atom is 0.266 e. The second kappa shape index (κ2) is 8.75. The number of nitrogens with one attached hydrogen (secondary N) is 1. The third-order valence-electron chi connectivity index (χ3n) is 4.54. The molecule has 0 radical (unpaired) electrons. The summed E-state index contributed by atoms with van der Waals surface area (Å²) in [6.45, 7) is 4.54. The van der Waals surface area contributed by atoms with Gasteiger partial charge in [0, 0.05) is 12.2 Å². The fourth-order valence-corrected chi connectivity index (χ4v) is 4.29. The molecule has 0 aliphatic rings. The van der Waals surface area contributed by atoms with Gasteiger partial charge in [-0.25, -0.2) is 4.98 Å². The van der Waals surface area contributed by atoms with Crippen LogP contribution in [0.15, 0.2) is 29.3 Å². The molecule has 0 aliphatic heterocycles. The molecule has 8 heteroatoms. The highest BCUT2D eigenvalue weighted by molar-refractivity contribution is 7.20. The minimum absolute atomic E-state index is 0.0959. The van der Waals surface area contributed by atoms with Crippen LogP contribution < -0.4 is 15.6 Å². The molecule has 0 atom stereocenters. The second-order valence-corrected chi connectivity index (χ2v) is 7.90. The van der Waals surface area contributed by atoms with E-state index in [2.05, 4.69) is 17.2 Å². The van der Waals surface area contributed by atoms with Crippen LogP contribution in [0.2, 0.25) is 5.02 Å². The first-order valence-corrected chi connectivity index (χ1v) is 10.3. The van der Waals surface area contributed by atoms with E-state index in [4.69, 9.17) is 16.3 Å². The Labute approximate surface area is 172 Å². The summed E-state index contributed by atoms with van der Waals surface area (Å²) in [6, 6.07) is 5.02. The SMILES string of the molecule is CCCCCn1cnc2sc(C(=O)Nc3ccc(OC)c(Cl)c3)c(C)c2c1=O. The topological polar surface area (TPSA) is 73.2 Å². The van der Waals surface area contributed by atoms with Crippen LogP contribution in [0.1, 0.15) is 41.4 Å². The molecule has 0 unspecified atom stereocenters. The number of anilines is 1. The number of unbranched alkanes of at least 4 members (excludes halogenated alkanes) is 2. The van der Waals surface area contributed by atoms with Crippen LogP contribution in [0.25, 0.3) is 10.2 Å². The Hall–Kier alpha value is -2.38. The van der Waals surface area contributed by atoms with E-state index in [1.807, 2.05) is 0 Å². The number of methoxy groups -OCH3 is 1. The van der Waals surface area contributed by atoms with E-state index in [1.54, 1.807) is 36.0 Å². The van der Waals surface area contributed by atoms with Crippen molar-refractivity contribution in [2.75, 3.05) is 12.4 Å². The lowest BCUT2D eigenvalue weighted by Gasteiger charge is -2.07. The predicted octanol–water partition coefficient (Wildman–Crippen LogP) is 4.87. The largest absolute Gasteiger partial charge is 0.495 e. The van der Waals surface area contributed by atoms with Crippen molar-refractivity contribution < 1.29 is 9.53 Å². The number of nitrogens with zero attached hydrogens (tertiary/aromatic N) is 2. The average Bonchev–Trinajstić information content (AvgIpc) is 3.01. The summed E-state index contributed by atoms with van der Waals surface area (Å²) in [5, 5.41) is 3.75. The van der Waals surface area contributed by atoms with E-state index in [9.17, 15) is 9.59 Å². The molecule has 1 N–H and O–H groups in total. The van der Waals surface area contributed by atoms with Gasteiger partial charge in [-0.15, -0.1) is 11.3 Å². The highest BCUT2D eigenvalue weighted by Crippen LogP contribution is 2.30. The number of aromatic nitrogens is 2. The van der Waals surface area contributed by atoms with Crippen molar-refractivity contribution in [2.45, 2.75) is 39.7 Å². The van der Waals surface area contributed by atoms with Gasteiger partial charge < -0.3 is 10.1 Å². The van der Waals surface area contributed by atoms with E-state index in [1.165, 1.54) is 18.4 Å². The van der Waals surface area contributed by atoms with Crippen LogP contribution in [-0.2, 0) is 6.54 Å². The van der Waals surface area contributed by atoms with Gasteiger partial charge in [0.05, 0.1) is 28.7 Å². The molecule has 0 fully saturated rings. The molecule has 148 valence electrons. The van der Waals surface area contributed by atoms with Crippen LogP contribution in [0.5, 0.6) is 5.75 Å². The Bertz CT molecular complexity index is 1070. The number of hydrogen-bond acceptors (Lipinski definition) is 5. The molecular formula is C20H22ClN3O3S. The normalized spacial score (nSPS) is 11.0. The average molecular weight is 420 g/mol. The highest BCUT2D eigenvalue weighted by atomic mass is 35.5. The molecule has 2 aromatic heterocycles. The standard InChI is InChI=1S/C20H22ClN3O3S/c1-4-5-6-9-24-11-22-19-16(20(24)26)12(2)17(28-19)18(25)23-13-7-8-15(27-3)14(21)10-13/h7-8,10-11H,4-6,9H2,1-3H3,(H,23,25). The first-order valence-electron chi connectivity index (χ1n) is 9.09. The molecule has 28 heavy (non-hydrogen) atoms. The minimum Gasteiger partial charge on any atom is -0.495 e. The van der Waals surface area contributed by atoms with Crippen molar-refractivity contribution in [3.63, 3.8) is 0 Å². The number of carbonyl (C=O) groups excluding carboxylic acids is 1. The van der Waals surface area contributed by atoms with Crippen molar-refractivity contribution >= 4 is 44.7 Å². The fourth-order valence-electron chi connectivity index (χ4n) is 3.00. The molecule has 3 aromatic rings. The van der Waals surface area contributed by atoms with Crippen LogP contribution >= 0.6 is 22.9 Å². The number of carbonyl (C=O) groups is 1. The number of thiophene rings is 1. The lowest BCUT2D eigenvalue weighted by atomic mass is 10.2. The van der Waals surface area contributed by atoms with E-state index < -0.39 is 0 Å². The van der Waals surface area contributed by atoms with Gasteiger partial charge in [-0.3, -0.25) is 14.2 Å². The van der Waals surface area contributed by atoms with Gasteiger partial charge in [0.15, 0.2) is 0 Å². The van der Waals surface area contributed by atoms with Gasteiger partial charge in [0.25, 0.3) is 11.5 Å².